The fourth-order valence-electron chi connectivity index (χ4n) is 1.49. The summed E-state index contributed by atoms with van der Waals surface area (Å²) >= 11 is 7.53. The first kappa shape index (κ1) is 16.3. The van der Waals surface area contributed by atoms with Crippen molar-refractivity contribution in [3.8, 4) is 5.75 Å². The van der Waals surface area contributed by atoms with Gasteiger partial charge in [0.2, 0.25) is 0 Å². The molecule has 0 fully saturated rings. The summed E-state index contributed by atoms with van der Waals surface area (Å²) in [6.07, 6.45) is 0. The van der Waals surface area contributed by atoms with Gasteiger partial charge < -0.3 is 10.2 Å². The number of sulfonamides is 1. The number of hydrogen-bond acceptors (Lipinski definition) is 5. The molecule has 3 N–H and O–H groups in total. The van der Waals surface area contributed by atoms with Crippen LogP contribution in [0.5, 0.6) is 5.75 Å². The first-order chi connectivity index (χ1) is 9.70. The van der Waals surface area contributed by atoms with E-state index in [1.807, 2.05) is 0 Å². The summed E-state index contributed by atoms with van der Waals surface area (Å²) in [7, 11) is -3.87. The van der Waals surface area contributed by atoms with Crippen LogP contribution in [-0.4, -0.2) is 24.6 Å². The highest BCUT2D eigenvalue weighted by molar-refractivity contribution is 9.12. The third-order valence-electron chi connectivity index (χ3n) is 2.39. The number of carboxylic acid groups (broad SMARTS) is 1. The molecule has 2 aromatic rings. The Morgan fingerprint density at radius 2 is 1.90 bits per heavy atom. The number of carboxylic acids is 1. The molecule has 0 bridgehead atoms. The van der Waals surface area contributed by atoms with Crippen molar-refractivity contribution in [2.75, 3.05) is 4.72 Å². The van der Waals surface area contributed by atoms with Gasteiger partial charge in [-0.05, 0) is 56.1 Å². The van der Waals surface area contributed by atoms with Crippen molar-refractivity contribution in [3.05, 3.63) is 37.4 Å². The number of anilines is 1. The van der Waals surface area contributed by atoms with E-state index in [9.17, 15) is 18.3 Å². The molecule has 1 aromatic carbocycles. The summed E-state index contributed by atoms with van der Waals surface area (Å²) in [5.74, 6) is -1.79. The summed E-state index contributed by atoms with van der Waals surface area (Å²) in [5.41, 5.74) is -0.347. The van der Waals surface area contributed by atoms with Crippen LogP contribution in [0.2, 0.25) is 0 Å². The zero-order valence-corrected chi connectivity index (χ0v) is 14.8. The van der Waals surface area contributed by atoms with E-state index in [0.29, 0.717) is 7.57 Å². The maximum atomic E-state index is 12.2. The monoisotopic (exact) mass is 455 g/mol. The molecule has 0 amide bonds. The normalized spacial score (nSPS) is 11.3. The van der Waals surface area contributed by atoms with E-state index in [0.717, 1.165) is 12.1 Å². The molecule has 0 aliphatic rings. The molecule has 2 rings (SSSR count). The van der Waals surface area contributed by atoms with Gasteiger partial charge in [-0.2, -0.15) is 0 Å². The summed E-state index contributed by atoms with van der Waals surface area (Å²) in [4.78, 5) is 10.9. The number of aromatic carboxylic acids is 1. The lowest BCUT2D eigenvalue weighted by atomic mass is 10.2. The van der Waals surface area contributed by atoms with Gasteiger partial charge >= 0.3 is 5.97 Å². The fourth-order valence-corrected chi connectivity index (χ4v) is 6.35. The zero-order valence-electron chi connectivity index (χ0n) is 10.0. The van der Waals surface area contributed by atoms with Gasteiger partial charge in [-0.25, -0.2) is 13.2 Å². The Morgan fingerprint density at radius 1 is 1.24 bits per heavy atom. The molecule has 0 spiro atoms. The van der Waals surface area contributed by atoms with Crippen LogP contribution < -0.4 is 4.72 Å². The Kier molecular flexibility index (Phi) is 4.61. The minimum Gasteiger partial charge on any atom is -0.507 e. The van der Waals surface area contributed by atoms with Crippen LogP contribution in [-0.2, 0) is 10.0 Å². The van der Waals surface area contributed by atoms with E-state index in [1.54, 1.807) is 0 Å². The number of thiophene rings is 1. The number of benzene rings is 1. The molecule has 1 heterocycles. The van der Waals surface area contributed by atoms with E-state index < -0.39 is 21.7 Å². The van der Waals surface area contributed by atoms with Crippen molar-refractivity contribution in [3.63, 3.8) is 0 Å². The van der Waals surface area contributed by atoms with Crippen LogP contribution in [0.25, 0.3) is 0 Å². The van der Waals surface area contributed by atoms with Gasteiger partial charge in [-0.1, -0.05) is 0 Å². The van der Waals surface area contributed by atoms with E-state index in [1.165, 1.54) is 23.5 Å². The highest BCUT2D eigenvalue weighted by Crippen LogP contribution is 2.35. The number of rotatable bonds is 4. The molecule has 112 valence electrons. The Hall–Kier alpha value is -1.10. The van der Waals surface area contributed by atoms with Gasteiger partial charge in [0.15, 0.2) is 0 Å². The Morgan fingerprint density at radius 3 is 2.43 bits per heavy atom. The summed E-state index contributed by atoms with van der Waals surface area (Å²) in [6, 6.07) is 4.86. The Balaban J connectivity index is 2.40. The third-order valence-corrected chi connectivity index (χ3v) is 6.53. The van der Waals surface area contributed by atoms with Crippen molar-refractivity contribution >= 4 is 64.9 Å². The fraction of sp³-hybridized carbons (Fsp3) is 0. The predicted molar refractivity (Wildman–Crippen MR) is 85.6 cm³/mol. The van der Waals surface area contributed by atoms with E-state index in [-0.39, 0.29) is 16.1 Å². The molecule has 6 nitrogen and oxygen atoms in total. The lowest BCUT2D eigenvalue weighted by Gasteiger charge is -2.08. The molecule has 10 heteroatoms. The maximum absolute atomic E-state index is 12.2. The Bertz CT molecular complexity index is 816. The van der Waals surface area contributed by atoms with Crippen molar-refractivity contribution in [1.29, 1.82) is 0 Å². The average Bonchev–Trinajstić information content (AvgIpc) is 2.71. The number of halogens is 2. The van der Waals surface area contributed by atoms with Crippen molar-refractivity contribution in [1.82, 2.24) is 0 Å². The average molecular weight is 457 g/mol. The molecule has 21 heavy (non-hydrogen) atoms. The van der Waals surface area contributed by atoms with Crippen molar-refractivity contribution in [2.45, 2.75) is 4.90 Å². The standard InChI is InChI=1S/C11H7Br2NO5S2/c12-9-4-8(10(13)20-9)21(18,19)14-5-1-2-7(15)6(3-5)11(16)17/h1-4,14-15H,(H,16,17). The second kappa shape index (κ2) is 5.95. The van der Waals surface area contributed by atoms with Crippen LogP contribution in [0.4, 0.5) is 5.69 Å². The minimum atomic E-state index is -3.87. The summed E-state index contributed by atoms with van der Waals surface area (Å²) in [5, 5.41) is 18.3. The molecule has 0 radical (unpaired) electrons. The maximum Gasteiger partial charge on any atom is 0.339 e. The van der Waals surface area contributed by atoms with Gasteiger partial charge in [0.05, 0.1) is 7.57 Å². The van der Waals surface area contributed by atoms with E-state index in [4.69, 9.17) is 5.11 Å². The number of phenols is 1. The van der Waals surface area contributed by atoms with Crippen LogP contribution in [0.3, 0.4) is 0 Å². The molecule has 1 aromatic heterocycles. The number of aromatic hydroxyl groups is 1. The third kappa shape index (κ3) is 3.57. The largest absolute Gasteiger partial charge is 0.507 e. The van der Waals surface area contributed by atoms with Gasteiger partial charge in [0.25, 0.3) is 10.0 Å². The quantitative estimate of drug-likeness (QED) is 0.611. The Labute approximate surface area is 140 Å². The van der Waals surface area contributed by atoms with Crippen LogP contribution >= 0.6 is 43.2 Å². The molecular weight excluding hydrogens is 450 g/mol. The first-order valence-corrected chi connectivity index (χ1v) is 9.13. The smallest absolute Gasteiger partial charge is 0.339 e. The minimum absolute atomic E-state index is 0.0318. The topological polar surface area (TPSA) is 104 Å². The van der Waals surface area contributed by atoms with E-state index >= 15 is 0 Å². The highest BCUT2D eigenvalue weighted by Gasteiger charge is 2.21. The lowest BCUT2D eigenvalue weighted by molar-refractivity contribution is 0.0694. The van der Waals surface area contributed by atoms with Gasteiger partial charge in [-0.15, -0.1) is 11.3 Å². The zero-order chi connectivity index (χ0) is 15.8. The van der Waals surface area contributed by atoms with Crippen molar-refractivity contribution in [2.24, 2.45) is 0 Å². The van der Waals surface area contributed by atoms with Crippen LogP contribution in [0.1, 0.15) is 10.4 Å². The molecule has 0 saturated heterocycles. The molecule has 0 aliphatic carbocycles. The molecule has 0 saturated carbocycles. The SMILES string of the molecule is O=C(O)c1cc(NS(=O)(=O)c2cc(Br)sc2Br)ccc1O. The van der Waals surface area contributed by atoms with Gasteiger partial charge in [0.1, 0.15) is 16.2 Å². The molecule has 0 aliphatic heterocycles. The van der Waals surface area contributed by atoms with Crippen LogP contribution in [0, 0.1) is 0 Å². The number of nitrogens with one attached hydrogen (secondary N) is 1. The van der Waals surface area contributed by atoms with Crippen molar-refractivity contribution < 1.29 is 23.4 Å². The first-order valence-electron chi connectivity index (χ1n) is 5.24. The predicted octanol–water partition coefficient (Wildman–Crippen LogP) is 3.48. The second-order valence-electron chi connectivity index (χ2n) is 3.83. The summed E-state index contributed by atoms with van der Waals surface area (Å²) in [6.45, 7) is 0. The molecule has 0 atom stereocenters. The molecule has 0 unspecified atom stereocenters. The number of carbonyl (C=O) groups is 1. The number of hydrogen-bond donors (Lipinski definition) is 3. The van der Waals surface area contributed by atoms with Crippen LogP contribution in [0.15, 0.2) is 36.7 Å². The second-order valence-corrected chi connectivity index (χ2v) is 9.23. The lowest BCUT2D eigenvalue weighted by Crippen LogP contribution is -2.13. The van der Waals surface area contributed by atoms with Gasteiger partial charge in [-0.3, -0.25) is 4.72 Å². The summed E-state index contributed by atoms with van der Waals surface area (Å²) < 4.78 is 27.8. The highest BCUT2D eigenvalue weighted by atomic mass is 79.9. The van der Waals surface area contributed by atoms with Gasteiger partial charge in [0, 0.05) is 5.69 Å². The van der Waals surface area contributed by atoms with E-state index in [2.05, 4.69) is 36.6 Å². The molecular formula is C11H7Br2NO5S2.